The number of aliphatic hydroxyl groups excluding tert-OH is 1. The number of hydrogen-bond acceptors (Lipinski definition) is 5. The molecule has 1 saturated heterocycles. The number of hydrogen-bond donors (Lipinski definition) is 1. The van der Waals surface area contributed by atoms with Gasteiger partial charge in [-0.05, 0) is 32.1 Å². The van der Waals surface area contributed by atoms with E-state index in [0.29, 0.717) is 18.1 Å². The summed E-state index contributed by atoms with van der Waals surface area (Å²) in [6.07, 6.45) is 3.08. The van der Waals surface area contributed by atoms with Crippen LogP contribution in [0, 0.1) is 5.92 Å². The normalized spacial score (nSPS) is 26.5. The minimum atomic E-state index is -0.446. The van der Waals surface area contributed by atoms with Gasteiger partial charge in [0.2, 0.25) is 11.7 Å². The molecule has 2 rings (SSSR count). The lowest BCUT2D eigenvalue weighted by Gasteiger charge is -2.30. The van der Waals surface area contributed by atoms with Crippen molar-refractivity contribution in [1.29, 1.82) is 0 Å². The molecule has 5 heteroatoms. The second kappa shape index (κ2) is 5.36. The Morgan fingerprint density at radius 2 is 2.17 bits per heavy atom. The molecular formula is C13H22N2O3. The molecule has 0 bridgehead atoms. The van der Waals surface area contributed by atoms with Crippen LogP contribution in [0.1, 0.15) is 51.7 Å². The SMILES string of the molecule is CC(C)C(O)Cc1nc(C2(C)CCCCO2)no1. The molecule has 102 valence electrons. The highest BCUT2D eigenvalue weighted by atomic mass is 16.5. The second-order valence-corrected chi connectivity index (χ2v) is 5.56. The van der Waals surface area contributed by atoms with Crippen LogP contribution in [-0.4, -0.2) is 28.0 Å². The summed E-state index contributed by atoms with van der Waals surface area (Å²) in [5.41, 5.74) is -0.428. The molecule has 1 aromatic heterocycles. The lowest BCUT2D eigenvalue weighted by Crippen LogP contribution is -2.31. The first-order valence-electron chi connectivity index (χ1n) is 6.66. The van der Waals surface area contributed by atoms with Crippen molar-refractivity contribution in [2.45, 2.75) is 58.2 Å². The topological polar surface area (TPSA) is 68.4 Å². The second-order valence-electron chi connectivity index (χ2n) is 5.56. The maximum atomic E-state index is 9.80. The van der Waals surface area contributed by atoms with E-state index in [1.807, 2.05) is 20.8 Å². The van der Waals surface area contributed by atoms with Gasteiger partial charge in [0, 0.05) is 6.61 Å². The molecule has 5 nitrogen and oxygen atoms in total. The summed E-state index contributed by atoms with van der Waals surface area (Å²) in [4.78, 5) is 4.37. The third-order valence-electron chi connectivity index (χ3n) is 3.56. The first-order valence-corrected chi connectivity index (χ1v) is 6.66. The molecule has 1 aliphatic rings. The molecular weight excluding hydrogens is 232 g/mol. The van der Waals surface area contributed by atoms with Gasteiger partial charge < -0.3 is 14.4 Å². The highest BCUT2D eigenvalue weighted by molar-refractivity contribution is 5.01. The number of aromatic nitrogens is 2. The predicted octanol–water partition coefficient (Wildman–Crippen LogP) is 2.04. The minimum absolute atomic E-state index is 0.182. The Bertz CT molecular complexity index is 383. The zero-order valence-corrected chi connectivity index (χ0v) is 11.3. The Hall–Kier alpha value is -0.940. The molecule has 2 heterocycles. The fraction of sp³-hybridized carbons (Fsp3) is 0.846. The van der Waals surface area contributed by atoms with Crippen LogP contribution in [0.3, 0.4) is 0 Å². The van der Waals surface area contributed by atoms with Crippen LogP contribution in [0.15, 0.2) is 4.52 Å². The molecule has 0 radical (unpaired) electrons. The van der Waals surface area contributed by atoms with E-state index in [-0.39, 0.29) is 5.92 Å². The van der Waals surface area contributed by atoms with Gasteiger partial charge in [0.1, 0.15) is 5.60 Å². The zero-order chi connectivity index (χ0) is 13.2. The number of ether oxygens (including phenoxy) is 1. The van der Waals surface area contributed by atoms with Crippen molar-refractivity contribution in [3.8, 4) is 0 Å². The predicted molar refractivity (Wildman–Crippen MR) is 66.0 cm³/mol. The van der Waals surface area contributed by atoms with Crippen molar-refractivity contribution in [2.75, 3.05) is 6.61 Å². The van der Waals surface area contributed by atoms with Gasteiger partial charge in [-0.25, -0.2) is 0 Å². The molecule has 0 aromatic carbocycles. The summed E-state index contributed by atoms with van der Waals surface area (Å²) in [7, 11) is 0. The molecule has 0 aliphatic carbocycles. The van der Waals surface area contributed by atoms with E-state index >= 15 is 0 Å². The lowest BCUT2D eigenvalue weighted by molar-refractivity contribution is -0.0770. The largest absolute Gasteiger partial charge is 0.392 e. The zero-order valence-electron chi connectivity index (χ0n) is 11.3. The van der Waals surface area contributed by atoms with Gasteiger partial charge in [-0.3, -0.25) is 0 Å². The van der Waals surface area contributed by atoms with Gasteiger partial charge in [0.05, 0.1) is 12.5 Å². The third-order valence-corrected chi connectivity index (χ3v) is 3.56. The smallest absolute Gasteiger partial charge is 0.229 e. The van der Waals surface area contributed by atoms with E-state index in [1.165, 1.54) is 0 Å². The molecule has 1 fully saturated rings. The van der Waals surface area contributed by atoms with Gasteiger partial charge in [-0.2, -0.15) is 4.98 Å². The number of aliphatic hydroxyl groups is 1. The molecule has 1 N–H and O–H groups in total. The molecule has 0 amide bonds. The summed E-state index contributed by atoms with van der Waals surface area (Å²) in [6.45, 7) is 6.68. The molecule has 18 heavy (non-hydrogen) atoms. The van der Waals surface area contributed by atoms with Crippen LogP contribution in [0.5, 0.6) is 0 Å². The fourth-order valence-corrected chi connectivity index (χ4v) is 2.08. The van der Waals surface area contributed by atoms with Gasteiger partial charge in [0.15, 0.2) is 0 Å². The van der Waals surface area contributed by atoms with E-state index in [0.717, 1.165) is 25.9 Å². The lowest BCUT2D eigenvalue weighted by atomic mass is 9.95. The Labute approximate surface area is 108 Å². The van der Waals surface area contributed by atoms with Crippen molar-refractivity contribution in [1.82, 2.24) is 10.1 Å². The van der Waals surface area contributed by atoms with E-state index in [4.69, 9.17) is 9.26 Å². The highest BCUT2D eigenvalue weighted by Gasteiger charge is 2.35. The number of nitrogens with zero attached hydrogens (tertiary/aromatic N) is 2. The average molecular weight is 254 g/mol. The van der Waals surface area contributed by atoms with Crippen LogP contribution in [0.4, 0.5) is 0 Å². The molecule has 2 unspecified atom stereocenters. The Kier molecular flexibility index (Phi) is 4.02. The summed E-state index contributed by atoms with van der Waals surface area (Å²) < 4.78 is 11.0. The molecule has 0 spiro atoms. The Morgan fingerprint density at radius 3 is 2.78 bits per heavy atom. The van der Waals surface area contributed by atoms with Gasteiger partial charge in [-0.15, -0.1) is 0 Å². The first kappa shape index (κ1) is 13.5. The maximum absolute atomic E-state index is 9.80. The maximum Gasteiger partial charge on any atom is 0.229 e. The van der Waals surface area contributed by atoms with Crippen molar-refractivity contribution < 1.29 is 14.4 Å². The minimum Gasteiger partial charge on any atom is -0.392 e. The van der Waals surface area contributed by atoms with E-state index in [9.17, 15) is 5.11 Å². The molecule has 1 aromatic rings. The standard InChI is InChI=1S/C13H22N2O3/c1-9(2)10(16)8-11-14-12(15-18-11)13(3)6-4-5-7-17-13/h9-10,16H,4-8H2,1-3H3. The quantitative estimate of drug-likeness (QED) is 0.890. The molecule has 0 saturated carbocycles. The fourth-order valence-electron chi connectivity index (χ4n) is 2.08. The summed E-state index contributed by atoms with van der Waals surface area (Å²) in [6, 6.07) is 0. The van der Waals surface area contributed by atoms with Crippen LogP contribution >= 0.6 is 0 Å². The van der Waals surface area contributed by atoms with Crippen molar-refractivity contribution in [3.63, 3.8) is 0 Å². The van der Waals surface area contributed by atoms with Gasteiger partial charge >= 0.3 is 0 Å². The van der Waals surface area contributed by atoms with Crippen molar-refractivity contribution in [2.24, 2.45) is 5.92 Å². The third kappa shape index (κ3) is 2.90. The average Bonchev–Trinajstić information content (AvgIpc) is 2.79. The van der Waals surface area contributed by atoms with Crippen molar-refractivity contribution >= 4 is 0 Å². The van der Waals surface area contributed by atoms with E-state index in [2.05, 4.69) is 10.1 Å². The van der Waals surface area contributed by atoms with Crippen LogP contribution in [-0.2, 0) is 16.8 Å². The van der Waals surface area contributed by atoms with Crippen molar-refractivity contribution in [3.05, 3.63) is 11.7 Å². The van der Waals surface area contributed by atoms with Crippen LogP contribution < -0.4 is 0 Å². The summed E-state index contributed by atoms with van der Waals surface area (Å²) >= 11 is 0. The van der Waals surface area contributed by atoms with Crippen LogP contribution in [0.2, 0.25) is 0 Å². The monoisotopic (exact) mass is 254 g/mol. The molecule has 2 atom stereocenters. The summed E-state index contributed by atoms with van der Waals surface area (Å²) in [5, 5.41) is 13.8. The first-order chi connectivity index (χ1) is 8.51. The number of rotatable bonds is 4. The highest BCUT2D eigenvalue weighted by Crippen LogP contribution is 2.32. The van der Waals surface area contributed by atoms with Gasteiger partial charge in [-0.1, -0.05) is 19.0 Å². The van der Waals surface area contributed by atoms with E-state index in [1.54, 1.807) is 0 Å². The molecule has 1 aliphatic heterocycles. The van der Waals surface area contributed by atoms with Gasteiger partial charge in [0.25, 0.3) is 0 Å². The Balaban J connectivity index is 2.05. The van der Waals surface area contributed by atoms with Crippen LogP contribution in [0.25, 0.3) is 0 Å². The summed E-state index contributed by atoms with van der Waals surface area (Å²) in [5.74, 6) is 1.27. The Morgan fingerprint density at radius 1 is 1.39 bits per heavy atom. The van der Waals surface area contributed by atoms with E-state index < -0.39 is 11.7 Å².